The highest BCUT2D eigenvalue weighted by molar-refractivity contribution is 6.01. The molecule has 1 atom stereocenters. The summed E-state index contributed by atoms with van der Waals surface area (Å²) in [5.74, 6) is 0.969. The van der Waals surface area contributed by atoms with E-state index in [4.69, 9.17) is 4.74 Å². The van der Waals surface area contributed by atoms with Gasteiger partial charge in [0.15, 0.2) is 6.10 Å². The number of Topliss-reactive ketones (excluding diaryl/α,β-unsaturated/α-hetero) is 1. The van der Waals surface area contributed by atoms with Gasteiger partial charge in [0.25, 0.3) is 0 Å². The van der Waals surface area contributed by atoms with E-state index in [-0.39, 0.29) is 11.8 Å². The normalized spacial score (nSPS) is 20.0. The van der Waals surface area contributed by atoms with Gasteiger partial charge in [-0.15, -0.1) is 0 Å². The highest BCUT2D eigenvalue weighted by Crippen LogP contribution is 2.39. The van der Waals surface area contributed by atoms with Crippen LogP contribution in [0.5, 0.6) is 0 Å². The maximum atomic E-state index is 13.0. The van der Waals surface area contributed by atoms with E-state index >= 15 is 0 Å². The Morgan fingerprint density at radius 2 is 1.60 bits per heavy atom. The number of ketones is 1. The lowest BCUT2D eigenvalue weighted by Gasteiger charge is -2.30. The monoisotopic (exact) mass is 414 g/mol. The Balaban J connectivity index is 1.89. The third-order valence-corrected chi connectivity index (χ3v) is 6.64. The molecule has 0 heterocycles. The molecule has 1 aliphatic rings. The van der Waals surface area contributed by atoms with Crippen molar-refractivity contribution in [3.8, 4) is 0 Å². The molecule has 0 saturated heterocycles. The molecule has 0 bridgehead atoms. The molecule has 1 aliphatic carbocycles. The highest BCUT2D eigenvalue weighted by Gasteiger charge is 2.27. The Morgan fingerprint density at radius 1 is 0.933 bits per heavy atom. The summed E-state index contributed by atoms with van der Waals surface area (Å²) in [6, 6.07) is 7.97. The van der Waals surface area contributed by atoms with E-state index in [0.717, 1.165) is 42.7 Å². The molecule has 3 heteroatoms. The Kier molecular flexibility index (Phi) is 11.2. The number of hydrogen-bond acceptors (Lipinski definition) is 3. The van der Waals surface area contributed by atoms with E-state index in [0.29, 0.717) is 12.3 Å². The van der Waals surface area contributed by atoms with Crippen LogP contribution in [0.15, 0.2) is 24.3 Å². The van der Waals surface area contributed by atoms with Crippen molar-refractivity contribution in [3.05, 3.63) is 35.4 Å². The van der Waals surface area contributed by atoms with Crippen LogP contribution < -0.4 is 0 Å². The van der Waals surface area contributed by atoms with Crippen LogP contribution in [-0.2, 0) is 9.53 Å². The Morgan fingerprint density at radius 3 is 2.30 bits per heavy atom. The van der Waals surface area contributed by atoms with Crippen molar-refractivity contribution < 1.29 is 14.3 Å². The minimum atomic E-state index is -0.713. The standard InChI is InChI=1S/C27H42O3/c1-4-6-8-9-10-13-22-17-19-23(20-18-22)24-14-11-12-15-25(24)27(29)21(3)30-26(28)16-7-5-2/h11-12,14-15,21-23H,4-10,13,16-20H2,1-3H3. The van der Waals surface area contributed by atoms with Crippen LogP contribution in [0.2, 0.25) is 0 Å². The first-order valence-corrected chi connectivity index (χ1v) is 12.4. The van der Waals surface area contributed by atoms with Crippen molar-refractivity contribution in [3.63, 3.8) is 0 Å². The minimum absolute atomic E-state index is 0.0616. The molecular weight excluding hydrogens is 372 g/mol. The van der Waals surface area contributed by atoms with Gasteiger partial charge in [-0.3, -0.25) is 9.59 Å². The second-order valence-electron chi connectivity index (χ2n) is 9.11. The topological polar surface area (TPSA) is 43.4 Å². The van der Waals surface area contributed by atoms with E-state index in [9.17, 15) is 9.59 Å². The largest absolute Gasteiger partial charge is 0.454 e. The Hall–Kier alpha value is -1.64. The first-order valence-electron chi connectivity index (χ1n) is 12.4. The van der Waals surface area contributed by atoms with Crippen molar-refractivity contribution in [1.82, 2.24) is 0 Å². The molecule has 0 spiro atoms. The quantitative estimate of drug-likeness (QED) is 0.189. The van der Waals surface area contributed by atoms with Crippen molar-refractivity contribution in [2.24, 2.45) is 5.92 Å². The number of esters is 1. The van der Waals surface area contributed by atoms with Crippen LogP contribution in [0.3, 0.4) is 0 Å². The molecule has 0 aromatic heterocycles. The molecule has 1 saturated carbocycles. The first kappa shape index (κ1) is 24.6. The van der Waals surface area contributed by atoms with E-state index in [1.807, 2.05) is 25.1 Å². The summed E-state index contributed by atoms with van der Waals surface area (Å²) in [5.41, 5.74) is 1.90. The average Bonchev–Trinajstić information content (AvgIpc) is 2.77. The second kappa shape index (κ2) is 13.6. The summed E-state index contributed by atoms with van der Waals surface area (Å²) < 4.78 is 5.41. The van der Waals surface area contributed by atoms with Gasteiger partial charge in [-0.2, -0.15) is 0 Å². The fraction of sp³-hybridized carbons (Fsp3) is 0.704. The molecule has 0 aliphatic heterocycles. The summed E-state index contributed by atoms with van der Waals surface area (Å²) in [6.45, 7) is 6.01. The molecule has 0 radical (unpaired) electrons. The smallest absolute Gasteiger partial charge is 0.306 e. The van der Waals surface area contributed by atoms with Gasteiger partial charge in [0.05, 0.1) is 0 Å². The van der Waals surface area contributed by atoms with Gasteiger partial charge in [0.1, 0.15) is 0 Å². The van der Waals surface area contributed by atoms with E-state index in [1.54, 1.807) is 6.92 Å². The van der Waals surface area contributed by atoms with Crippen molar-refractivity contribution in [2.45, 2.75) is 116 Å². The third-order valence-electron chi connectivity index (χ3n) is 6.64. The van der Waals surface area contributed by atoms with Crippen LogP contribution in [0.4, 0.5) is 0 Å². The van der Waals surface area contributed by atoms with Gasteiger partial charge in [-0.1, -0.05) is 83.1 Å². The minimum Gasteiger partial charge on any atom is -0.454 e. The van der Waals surface area contributed by atoms with Crippen molar-refractivity contribution in [2.75, 3.05) is 0 Å². The first-order chi connectivity index (χ1) is 14.6. The zero-order valence-electron chi connectivity index (χ0n) is 19.5. The molecule has 1 aromatic rings. The number of carbonyl (C=O) groups is 2. The maximum absolute atomic E-state index is 13.0. The molecule has 1 fully saturated rings. The summed E-state index contributed by atoms with van der Waals surface area (Å²) in [4.78, 5) is 25.0. The van der Waals surface area contributed by atoms with E-state index in [2.05, 4.69) is 13.0 Å². The zero-order valence-corrected chi connectivity index (χ0v) is 19.5. The van der Waals surface area contributed by atoms with Crippen molar-refractivity contribution in [1.29, 1.82) is 0 Å². The summed E-state index contributed by atoms with van der Waals surface area (Å²) in [7, 11) is 0. The van der Waals surface area contributed by atoms with Crippen molar-refractivity contribution >= 4 is 11.8 Å². The molecule has 168 valence electrons. The maximum Gasteiger partial charge on any atom is 0.306 e. The summed E-state index contributed by atoms with van der Waals surface area (Å²) in [5, 5.41) is 0. The molecule has 1 unspecified atom stereocenters. The number of benzene rings is 1. The lowest BCUT2D eigenvalue weighted by atomic mass is 9.75. The predicted molar refractivity (Wildman–Crippen MR) is 124 cm³/mol. The molecular formula is C27H42O3. The predicted octanol–water partition coefficient (Wildman–Crippen LogP) is 7.63. The lowest BCUT2D eigenvalue weighted by molar-refractivity contribution is -0.146. The van der Waals surface area contributed by atoms with Crippen LogP contribution in [0.1, 0.15) is 126 Å². The Bertz CT molecular complexity index is 643. The molecule has 2 rings (SSSR count). The molecule has 1 aromatic carbocycles. The van der Waals surface area contributed by atoms with Gasteiger partial charge < -0.3 is 4.74 Å². The molecule has 3 nitrogen and oxygen atoms in total. The van der Waals surface area contributed by atoms with Crippen LogP contribution >= 0.6 is 0 Å². The van der Waals surface area contributed by atoms with Gasteiger partial charge in [0, 0.05) is 12.0 Å². The zero-order chi connectivity index (χ0) is 21.8. The number of rotatable bonds is 13. The fourth-order valence-corrected chi connectivity index (χ4v) is 4.73. The lowest BCUT2D eigenvalue weighted by Crippen LogP contribution is -2.26. The SMILES string of the molecule is CCCCCCCC1CCC(c2ccccc2C(=O)C(C)OC(=O)CCCC)CC1. The molecule has 0 N–H and O–H groups in total. The number of carbonyl (C=O) groups excluding carboxylic acids is 2. The third kappa shape index (κ3) is 7.89. The average molecular weight is 415 g/mol. The molecule has 30 heavy (non-hydrogen) atoms. The van der Waals surface area contributed by atoms with Crippen LogP contribution in [0, 0.1) is 5.92 Å². The molecule has 0 amide bonds. The number of ether oxygens (including phenoxy) is 1. The van der Waals surface area contributed by atoms with Crippen LogP contribution in [-0.4, -0.2) is 17.9 Å². The van der Waals surface area contributed by atoms with Crippen LogP contribution in [0.25, 0.3) is 0 Å². The Labute approximate surface area is 184 Å². The summed E-state index contributed by atoms with van der Waals surface area (Å²) >= 11 is 0. The van der Waals surface area contributed by atoms with Gasteiger partial charge in [0.2, 0.25) is 5.78 Å². The number of unbranched alkanes of at least 4 members (excludes halogenated alkanes) is 5. The van der Waals surface area contributed by atoms with E-state index in [1.165, 1.54) is 51.4 Å². The number of hydrogen-bond donors (Lipinski definition) is 0. The van der Waals surface area contributed by atoms with Gasteiger partial charge in [-0.05, 0) is 56.4 Å². The van der Waals surface area contributed by atoms with Gasteiger partial charge >= 0.3 is 5.97 Å². The fourth-order valence-electron chi connectivity index (χ4n) is 4.73. The van der Waals surface area contributed by atoms with Gasteiger partial charge in [-0.25, -0.2) is 0 Å². The summed E-state index contributed by atoms with van der Waals surface area (Å²) in [6.07, 6.45) is 14.4. The van der Waals surface area contributed by atoms with E-state index < -0.39 is 6.10 Å². The highest BCUT2D eigenvalue weighted by atomic mass is 16.5. The second-order valence-corrected chi connectivity index (χ2v) is 9.11.